The number of amides is 2. The predicted molar refractivity (Wildman–Crippen MR) is 101 cm³/mol. The van der Waals surface area contributed by atoms with Crippen molar-refractivity contribution in [1.29, 1.82) is 0 Å². The standard InChI is InChI=1S/C18H18N6O2S/c1-10-2-7-13-14(8-10)27-18(15(13)16(19)25)21-17(26)11-3-5-12(6-4-11)24-9-20-22-23-24/h3-6,9-10H,2,7-8H2,1H3,(H2,19,25)(H,21,26)/t10-/m1/s1. The van der Waals surface area contributed by atoms with E-state index in [4.69, 9.17) is 5.73 Å². The van der Waals surface area contributed by atoms with Crippen molar-refractivity contribution in [2.45, 2.75) is 26.2 Å². The lowest BCUT2D eigenvalue weighted by atomic mass is 9.88. The van der Waals surface area contributed by atoms with Gasteiger partial charge in [0.2, 0.25) is 0 Å². The molecule has 138 valence electrons. The van der Waals surface area contributed by atoms with Gasteiger partial charge in [-0.2, -0.15) is 0 Å². The number of anilines is 1. The van der Waals surface area contributed by atoms with Crippen molar-refractivity contribution < 1.29 is 9.59 Å². The minimum atomic E-state index is -0.494. The Labute approximate surface area is 159 Å². The van der Waals surface area contributed by atoms with Gasteiger partial charge in [-0.25, -0.2) is 4.68 Å². The molecule has 3 N–H and O–H groups in total. The van der Waals surface area contributed by atoms with Gasteiger partial charge in [0.1, 0.15) is 11.3 Å². The Morgan fingerprint density at radius 2 is 2.07 bits per heavy atom. The molecule has 0 aliphatic heterocycles. The van der Waals surface area contributed by atoms with Crippen LogP contribution in [0.25, 0.3) is 5.69 Å². The van der Waals surface area contributed by atoms with Crippen molar-refractivity contribution in [2.24, 2.45) is 11.7 Å². The van der Waals surface area contributed by atoms with Crippen LogP contribution in [0.3, 0.4) is 0 Å². The minimum absolute atomic E-state index is 0.285. The second kappa shape index (κ2) is 6.92. The summed E-state index contributed by atoms with van der Waals surface area (Å²) < 4.78 is 1.50. The molecule has 1 atom stereocenters. The van der Waals surface area contributed by atoms with E-state index in [9.17, 15) is 9.59 Å². The molecule has 2 amide bonds. The van der Waals surface area contributed by atoms with Crippen LogP contribution in [0.4, 0.5) is 5.00 Å². The molecule has 0 radical (unpaired) electrons. The molecule has 0 bridgehead atoms. The van der Waals surface area contributed by atoms with Crippen LogP contribution >= 0.6 is 11.3 Å². The number of nitrogens with one attached hydrogen (secondary N) is 1. The van der Waals surface area contributed by atoms with Gasteiger partial charge in [0.05, 0.1) is 11.3 Å². The third kappa shape index (κ3) is 3.33. The number of nitrogens with two attached hydrogens (primary N) is 1. The molecule has 8 nitrogen and oxygen atoms in total. The molecule has 3 aromatic rings. The van der Waals surface area contributed by atoms with Crippen LogP contribution in [0.15, 0.2) is 30.6 Å². The van der Waals surface area contributed by atoms with Crippen molar-refractivity contribution in [3.05, 3.63) is 52.2 Å². The van der Waals surface area contributed by atoms with E-state index in [1.807, 2.05) is 0 Å². The zero-order valence-electron chi connectivity index (χ0n) is 14.7. The van der Waals surface area contributed by atoms with Gasteiger partial charge in [-0.15, -0.1) is 16.4 Å². The van der Waals surface area contributed by atoms with E-state index in [1.165, 1.54) is 22.3 Å². The predicted octanol–water partition coefficient (Wildman–Crippen LogP) is 2.20. The van der Waals surface area contributed by atoms with Gasteiger partial charge in [0, 0.05) is 10.4 Å². The number of carbonyl (C=O) groups excluding carboxylic acids is 2. The van der Waals surface area contributed by atoms with Crippen molar-refractivity contribution in [1.82, 2.24) is 20.2 Å². The Balaban J connectivity index is 1.59. The Kier molecular flexibility index (Phi) is 4.44. The number of nitrogens with zero attached hydrogens (tertiary/aromatic N) is 4. The van der Waals surface area contributed by atoms with Crippen molar-refractivity contribution >= 4 is 28.2 Å². The molecular weight excluding hydrogens is 364 g/mol. The third-order valence-corrected chi connectivity index (χ3v) is 5.90. The number of primary amides is 1. The zero-order chi connectivity index (χ0) is 19.0. The first kappa shape index (κ1) is 17.3. The molecule has 0 spiro atoms. The molecule has 9 heteroatoms. The molecule has 0 saturated carbocycles. The zero-order valence-corrected chi connectivity index (χ0v) is 15.5. The second-order valence-corrected chi connectivity index (χ2v) is 7.78. The Morgan fingerprint density at radius 3 is 2.74 bits per heavy atom. The average Bonchev–Trinajstić information content (AvgIpc) is 3.29. The fourth-order valence-electron chi connectivity index (χ4n) is 3.32. The minimum Gasteiger partial charge on any atom is -0.365 e. The summed E-state index contributed by atoms with van der Waals surface area (Å²) >= 11 is 1.45. The van der Waals surface area contributed by atoms with Crippen molar-refractivity contribution in [3.63, 3.8) is 0 Å². The van der Waals surface area contributed by atoms with Crippen molar-refractivity contribution in [3.8, 4) is 5.69 Å². The van der Waals surface area contributed by atoms with Crippen LogP contribution in [0.1, 0.15) is 44.5 Å². The molecule has 1 aromatic carbocycles. The van der Waals surface area contributed by atoms with Crippen molar-refractivity contribution in [2.75, 3.05) is 5.32 Å². The molecule has 0 saturated heterocycles. The number of fused-ring (bicyclic) bond motifs is 1. The van der Waals surface area contributed by atoms with E-state index in [0.29, 0.717) is 22.0 Å². The van der Waals surface area contributed by atoms with E-state index in [0.717, 1.165) is 35.4 Å². The van der Waals surface area contributed by atoms with Gasteiger partial charge >= 0.3 is 0 Å². The lowest BCUT2D eigenvalue weighted by Crippen LogP contribution is -2.19. The molecule has 4 rings (SSSR count). The van der Waals surface area contributed by atoms with Gasteiger partial charge in [0.15, 0.2) is 0 Å². The van der Waals surface area contributed by atoms with Crippen LogP contribution in [0.5, 0.6) is 0 Å². The highest BCUT2D eigenvalue weighted by molar-refractivity contribution is 7.17. The topological polar surface area (TPSA) is 116 Å². The summed E-state index contributed by atoms with van der Waals surface area (Å²) in [6.07, 6.45) is 4.24. The van der Waals surface area contributed by atoms with Gasteiger partial charge in [-0.05, 0) is 65.4 Å². The second-order valence-electron chi connectivity index (χ2n) is 6.68. The molecule has 0 unspecified atom stereocenters. The quantitative estimate of drug-likeness (QED) is 0.718. The van der Waals surface area contributed by atoms with Crippen LogP contribution in [0, 0.1) is 5.92 Å². The highest BCUT2D eigenvalue weighted by Gasteiger charge is 2.27. The largest absolute Gasteiger partial charge is 0.365 e. The number of rotatable bonds is 4. The number of hydrogen-bond donors (Lipinski definition) is 2. The summed E-state index contributed by atoms with van der Waals surface area (Å²) in [4.78, 5) is 25.8. The van der Waals surface area contributed by atoms with Gasteiger partial charge in [-0.3, -0.25) is 9.59 Å². The number of hydrogen-bond acceptors (Lipinski definition) is 6. The highest BCUT2D eigenvalue weighted by atomic mass is 32.1. The summed E-state index contributed by atoms with van der Waals surface area (Å²) in [6, 6.07) is 6.88. The fraction of sp³-hybridized carbons (Fsp3) is 0.278. The van der Waals surface area contributed by atoms with Crippen LogP contribution in [-0.4, -0.2) is 32.0 Å². The Morgan fingerprint density at radius 1 is 1.30 bits per heavy atom. The van der Waals surface area contributed by atoms with Crippen LogP contribution in [0.2, 0.25) is 0 Å². The first-order valence-electron chi connectivity index (χ1n) is 8.62. The maximum atomic E-state index is 12.7. The van der Waals surface area contributed by atoms with Crippen LogP contribution in [-0.2, 0) is 12.8 Å². The lowest BCUT2D eigenvalue weighted by molar-refractivity contribution is 0.1000. The lowest BCUT2D eigenvalue weighted by Gasteiger charge is -2.18. The number of tetrazole rings is 1. The van der Waals surface area contributed by atoms with E-state index >= 15 is 0 Å². The maximum Gasteiger partial charge on any atom is 0.256 e. The summed E-state index contributed by atoms with van der Waals surface area (Å²) in [7, 11) is 0. The summed E-state index contributed by atoms with van der Waals surface area (Å²) in [5.41, 5.74) is 8.27. The number of carbonyl (C=O) groups is 2. The van der Waals surface area contributed by atoms with Gasteiger partial charge < -0.3 is 11.1 Å². The SMILES string of the molecule is C[C@@H]1CCc2c(sc(NC(=O)c3ccc(-n4cnnn4)cc3)c2C(N)=O)C1. The molecule has 0 fully saturated rings. The first-order valence-corrected chi connectivity index (χ1v) is 9.43. The van der Waals surface area contributed by atoms with E-state index in [2.05, 4.69) is 27.8 Å². The molecule has 1 aliphatic rings. The number of benzene rings is 1. The summed E-state index contributed by atoms with van der Waals surface area (Å²) in [6.45, 7) is 2.19. The normalized spacial score (nSPS) is 16.0. The summed E-state index contributed by atoms with van der Waals surface area (Å²) in [5.74, 6) is -0.210. The van der Waals surface area contributed by atoms with Gasteiger partial charge in [0.25, 0.3) is 11.8 Å². The average molecular weight is 382 g/mol. The highest BCUT2D eigenvalue weighted by Crippen LogP contribution is 2.39. The maximum absolute atomic E-state index is 12.7. The first-order chi connectivity index (χ1) is 13.0. The van der Waals surface area contributed by atoms with Crippen LogP contribution < -0.4 is 11.1 Å². The summed E-state index contributed by atoms with van der Waals surface area (Å²) in [5, 5.41) is 14.4. The van der Waals surface area contributed by atoms with Gasteiger partial charge in [-0.1, -0.05) is 6.92 Å². The number of aromatic nitrogens is 4. The van der Waals surface area contributed by atoms with E-state index in [-0.39, 0.29) is 5.91 Å². The third-order valence-electron chi connectivity index (χ3n) is 4.73. The Bertz CT molecular complexity index is 994. The molecule has 1 aliphatic carbocycles. The molecule has 2 heterocycles. The smallest absolute Gasteiger partial charge is 0.256 e. The van der Waals surface area contributed by atoms with E-state index < -0.39 is 5.91 Å². The fourth-order valence-corrected chi connectivity index (χ4v) is 4.73. The number of thiophene rings is 1. The van der Waals surface area contributed by atoms with E-state index in [1.54, 1.807) is 24.3 Å². The Hall–Kier alpha value is -3.07. The molecule has 27 heavy (non-hydrogen) atoms. The molecular formula is C18H18N6O2S. The molecule has 2 aromatic heterocycles. The monoisotopic (exact) mass is 382 g/mol.